The molecule has 0 unspecified atom stereocenters. The number of nitrogen functional groups attached to an aromatic ring is 1. The Labute approximate surface area is 154 Å². The van der Waals surface area contributed by atoms with Gasteiger partial charge in [0.2, 0.25) is 8.32 Å². The molecule has 0 radical (unpaired) electrons. The molecule has 0 amide bonds. The van der Waals surface area contributed by atoms with Crippen molar-refractivity contribution in [3.05, 3.63) is 18.2 Å². The Morgan fingerprint density at radius 3 is 2.20 bits per heavy atom. The van der Waals surface area contributed by atoms with Crippen molar-refractivity contribution in [2.45, 2.75) is 70.7 Å². The van der Waals surface area contributed by atoms with Gasteiger partial charge in [-0.1, -0.05) is 41.5 Å². The van der Waals surface area contributed by atoms with Crippen LogP contribution in [0.5, 0.6) is 5.75 Å². The molecule has 0 bridgehead atoms. The Morgan fingerprint density at radius 2 is 1.68 bits per heavy atom. The van der Waals surface area contributed by atoms with Crippen LogP contribution in [0.15, 0.2) is 18.2 Å². The van der Waals surface area contributed by atoms with Crippen molar-refractivity contribution < 1.29 is 9.16 Å². The standard InChI is InChI=1S/C20H36N2O2Si/c1-14(2)25(15(3)4,16(5)6)24-18-10-11-22(13-18)19-9-8-17(21)12-20(19)23-7/h8-9,12,14-16,18H,10-11,13,21H2,1-7H3/t18-/m1/s1. The van der Waals surface area contributed by atoms with Gasteiger partial charge in [-0.05, 0) is 35.2 Å². The highest BCUT2D eigenvalue weighted by Crippen LogP contribution is 2.44. The normalized spacial score (nSPS) is 18.6. The molecule has 0 aliphatic carbocycles. The van der Waals surface area contributed by atoms with Crippen LogP contribution >= 0.6 is 0 Å². The predicted octanol–water partition coefficient (Wildman–Crippen LogP) is 5.05. The SMILES string of the molecule is COc1cc(N)ccc1N1CC[C@@H](O[Si](C(C)C)(C(C)C)C(C)C)C1. The molecule has 1 fully saturated rings. The fourth-order valence-electron chi connectivity index (χ4n) is 4.70. The van der Waals surface area contributed by atoms with Crippen LogP contribution in [-0.4, -0.2) is 34.6 Å². The highest BCUT2D eigenvalue weighted by molar-refractivity contribution is 6.77. The first-order chi connectivity index (χ1) is 11.7. The van der Waals surface area contributed by atoms with Crippen molar-refractivity contribution in [3.63, 3.8) is 0 Å². The van der Waals surface area contributed by atoms with Crippen LogP contribution in [0.25, 0.3) is 0 Å². The topological polar surface area (TPSA) is 47.7 Å². The summed E-state index contributed by atoms with van der Waals surface area (Å²) in [5, 5.41) is 0. The van der Waals surface area contributed by atoms with Crippen LogP contribution in [0, 0.1) is 0 Å². The Hall–Kier alpha value is -1.20. The summed E-state index contributed by atoms with van der Waals surface area (Å²) in [4.78, 5) is 2.38. The number of benzene rings is 1. The number of hydrogen-bond acceptors (Lipinski definition) is 4. The second kappa shape index (κ2) is 8.00. The van der Waals surface area contributed by atoms with Crippen LogP contribution < -0.4 is 15.4 Å². The first kappa shape index (κ1) is 20.1. The lowest BCUT2D eigenvalue weighted by Crippen LogP contribution is -2.50. The Morgan fingerprint density at radius 1 is 1.08 bits per heavy atom. The predicted molar refractivity (Wildman–Crippen MR) is 110 cm³/mol. The number of nitrogens with zero attached hydrogens (tertiary/aromatic N) is 1. The highest BCUT2D eigenvalue weighted by Gasteiger charge is 2.47. The number of ether oxygens (including phenoxy) is 1. The van der Waals surface area contributed by atoms with Crippen LogP contribution in [0.2, 0.25) is 16.6 Å². The lowest BCUT2D eigenvalue weighted by Gasteiger charge is -2.44. The van der Waals surface area contributed by atoms with Crippen molar-refractivity contribution in [3.8, 4) is 5.75 Å². The number of nitrogens with two attached hydrogens (primary N) is 1. The minimum atomic E-state index is -1.83. The second-order valence-corrected chi connectivity index (χ2v) is 13.6. The molecule has 4 nitrogen and oxygen atoms in total. The Balaban J connectivity index is 2.17. The quantitative estimate of drug-likeness (QED) is 0.543. The number of hydrogen-bond donors (Lipinski definition) is 1. The van der Waals surface area contributed by atoms with Crippen molar-refractivity contribution in [2.24, 2.45) is 0 Å². The van der Waals surface area contributed by atoms with Gasteiger partial charge in [-0.15, -0.1) is 0 Å². The molecular weight excluding hydrogens is 328 g/mol. The van der Waals surface area contributed by atoms with E-state index in [4.69, 9.17) is 14.9 Å². The van der Waals surface area contributed by atoms with Crippen molar-refractivity contribution in [1.82, 2.24) is 0 Å². The van der Waals surface area contributed by atoms with E-state index in [0.29, 0.717) is 22.7 Å². The smallest absolute Gasteiger partial charge is 0.200 e. The third-order valence-electron chi connectivity index (χ3n) is 5.77. The average molecular weight is 365 g/mol. The highest BCUT2D eigenvalue weighted by atomic mass is 28.4. The third kappa shape index (κ3) is 3.98. The second-order valence-electron chi connectivity index (χ2n) is 8.22. The van der Waals surface area contributed by atoms with Crippen LogP contribution in [0.4, 0.5) is 11.4 Å². The van der Waals surface area contributed by atoms with Crippen molar-refractivity contribution >= 4 is 19.7 Å². The minimum Gasteiger partial charge on any atom is -0.495 e. The molecule has 0 spiro atoms. The minimum absolute atomic E-state index is 0.307. The van der Waals surface area contributed by atoms with E-state index in [1.165, 1.54) is 0 Å². The van der Waals surface area contributed by atoms with E-state index in [9.17, 15) is 0 Å². The van der Waals surface area contributed by atoms with Gasteiger partial charge < -0.3 is 19.8 Å². The molecule has 0 aromatic heterocycles. The zero-order valence-electron chi connectivity index (χ0n) is 17.0. The van der Waals surface area contributed by atoms with Crippen molar-refractivity contribution in [1.29, 1.82) is 0 Å². The summed E-state index contributed by atoms with van der Waals surface area (Å²) in [6.45, 7) is 16.0. The van der Waals surface area contributed by atoms with Gasteiger partial charge in [-0.3, -0.25) is 0 Å². The van der Waals surface area contributed by atoms with Gasteiger partial charge >= 0.3 is 0 Å². The van der Waals surface area contributed by atoms with E-state index in [1.807, 2.05) is 12.1 Å². The maximum atomic E-state index is 6.96. The summed E-state index contributed by atoms with van der Waals surface area (Å²) in [6, 6.07) is 5.91. The van der Waals surface area contributed by atoms with Gasteiger partial charge in [0.1, 0.15) is 5.75 Å². The lowest BCUT2D eigenvalue weighted by atomic mass is 10.2. The third-order valence-corrected chi connectivity index (χ3v) is 11.9. The fraction of sp³-hybridized carbons (Fsp3) is 0.700. The van der Waals surface area contributed by atoms with Gasteiger partial charge in [0.05, 0.1) is 18.9 Å². The van der Waals surface area contributed by atoms with E-state index in [0.717, 1.165) is 36.6 Å². The molecule has 2 rings (SSSR count). The lowest BCUT2D eigenvalue weighted by molar-refractivity contribution is 0.194. The summed E-state index contributed by atoms with van der Waals surface area (Å²) >= 11 is 0. The zero-order valence-corrected chi connectivity index (χ0v) is 18.0. The van der Waals surface area contributed by atoms with Crippen LogP contribution in [-0.2, 0) is 4.43 Å². The monoisotopic (exact) mass is 364 g/mol. The van der Waals surface area contributed by atoms with E-state index >= 15 is 0 Å². The summed E-state index contributed by atoms with van der Waals surface area (Å²) in [6.07, 6.45) is 1.38. The summed E-state index contributed by atoms with van der Waals surface area (Å²) in [7, 11) is -0.127. The molecule has 1 aromatic carbocycles. The molecule has 1 aromatic rings. The molecular formula is C20H36N2O2Si. The van der Waals surface area contributed by atoms with Gasteiger partial charge in [0, 0.05) is 24.8 Å². The fourth-order valence-corrected chi connectivity index (χ4v) is 10.3. The molecule has 1 aliphatic heterocycles. The average Bonchev–Trinajstić information content (AvgIpc) is 2.99. The van der Waals surface area contributed by atoms with Crippen molar-refractivity contribution in [2.75, 3.05) is 30.8 Å². The molecule has 25 heavy (non-hydrogen) atoms. The summed E-state index contributed by atoms with van der Waals surface area (Å²) < 4.78 is 12.5. The Kier molecular flexibility index (Phi) is 6.44. The van der Waals surface area contributed by atoms with E-state index in [2.05, 4.69) is 52.5 Å². The molecule has 1 heterocycles. The first-order valence-corrected chi connectivity index (χ1v) is 11.7. The molecule has 0 saturated carbocycles. The molecule has 2 N–H and O–H groups in total. The molecule has 142 valence electrons. The molecule has 1 saturated heterocycles. The summed E-state index contributed by atoms with van der Waals surface area (Å²) in [5.41, 5.74) is 9.60. The molecule has 1 aliphatic rings. The summed E-state index contributed by atoms with van der Waals surface area (Å²) in [5.74, 6) is 0.848. The van der Waals surface area contributed by atoms with E-state index in [-0.39, 0.29) is 0 Å². The number of rotatable bonds is 7. The maximum absolute atomic E-state index is 6.96. The number of anilines is 2. The van der Waals surface area contributed by atoms with E-state index in [1.54, 1.807) is 7.11 Å². The molecule has 5 heteroatoms. The number of methoxy groups -OCH3 is 1. The van der Waals surface area contributed by atoms with E-state index < -0.39 is 8.32 Å². The van der Waals surface area contributed by atoms with Gasteiger partial charge in [-0.25, -0.2) is 0 Å². The zero-order chi connectivity index (χ0) is 18.8. The van der Waals surface area contributed by atoms with Gasteiger partial charge in [0.15, 0.2) is 0 Å². The Bertz CT molecular complexity index is 553. The first-order valence-electron chi connectivity index (χ1n) is 9.58. The van der Waals surface area contributed by atoms with Crippen LogP contribution in [0.1, 0.15) is 48.0 Å². The largest absolute Gasteiger partial charge is 0.495 e. The van der Waals surface area contributed by atoms with Crippen LogP contribution in [0.3, 0.4) is 0 Å². The maximum Gasteiger partial charge on any atom is 0.200 e. The van der Waals surface area contributed by atoms with Gasteiger partial charge in [-0.2, -0.15) is 0 Å². The van der Waals surface area contributed by atoms with Gasteiger partial charge in [0.25, 0.3) is 0 Å². The molecule has 1 atom stereocenters.